The van der Waals surface area contributed by atoms with E-state index in [1.807, 2.05) is 30.3 Å². The van der Waals surface area contributed by atoms with E-state index in [4.69, 9.17) is 4.74 Å². The summed E-state index contributed by atoms with van der Waals surface area (Å²) >= 11 is 0. The number of esters is 1. The van der Waals surface area contributed by atoms with Crippen LogP contribution in [0.25, 0.3) is 0 Å². The van der Waals surface area contributed by atoms with E-state index in [-0.39, 0.29) is 11.9 Å². The summed E-state index contributed by atoms with van der Waals surface area (Å²) in [5, 5.41) is 0. The van der Waals surface area contributed by atoms with Crippen LogP contribution < -0.4 is 0 Å². The van der Waals surface area contributed by atoms with Crippen molar-refractivity contribution < 1.29 is 14.3 Å². The zero-order chi connectivity index (χ0) is 10.9. The quantitative estimate of drug-likeness (QED) is 0.551. The van der Waals surface area contributed by atoms with Crippen molar-refractivity contribution in [2.45, 2.75) is 11.8 Å². The van der Waals surface area contributed by atoms with Gasteiger partial charge < -0.3 is 9.53 Å². The highest BCUT2D eigenvalue weighted by molar-refractivity contribution is 5.92. The first-order valence-corrected chi connectivity index (χ1v) is 4.85. The molecule has 3 nitrogen and oxygen atoms in total. The summed E-state index contributed by atoms with van der Waals surface area (Å²) in [6.07, 6.45) is 1.40. The van der Waals surface area contributed by atoms with Gasteiger partial charge in [-0.2, -0.15) is 0 Å². The van der Waals surface area contributed by atoms with Crippen LogP contribution in [0, 0.1) is 5.92 Å². The molecule has 2 atom stereocenters. The fourth-order valence-electron chi connectivity index (χ4n) is 2.05. The van der Waals surface area contributed by atoms with E-state index in [9.17, 15) is 9.59 Å². The van der Waals surface area contributed by atoms with Gasteiger partial charge in [-0.15, -0.1) is 0 Å². The second-order valence-corrected chi connectivity index (χ2v) is 3.78. The molecule has 0 N–H and O–H groups in total. The number of hydrogen-bond acceptors (Lipinski definition) is 3. The minimum Gasteiger partial charge on any atom is -0.468 e. The molecule has 0 aromatic heterocycles. The Bertz CT molecular complexity index is 385. The second kappa shape index (κ2) is 3.50. The van der Waals surface area contributed by atoms with E-state index in [1.54, 1.807) is 0 Å². The number of aldehydes is 1. The molecule has 0 amide bonds. The van der Waals surface area contributed by atoms with E-state index >= 15 is 0 Å². The van der Waals surface area contributed by atoms with Gasteiger partial charge in [0.2, 0.25) is 0 Å². The van der Waals surface area contributed by atoms with Crippen LogP contribution in [0.2, 0.25) is 0 Å². The molecule has 0 aliphatic heterocycles. The molecular formula is C12H12O3. The molecule has 3 heteroatoms. The first-order chi connectivity index (χ1) is 7.25. The topological polar surface area (TPSA) is 43.4 Å². The Morgan fingerprint density at radius 3 is 2.60 bits per heavy atom. The summed E-state index contributed by atoms with van der Waals surface area (Å²) in [6, 6.07) is 9.33. The lowest BCUT2D eigenvalue weighted by Crippen LogP contribution is -2.24. The van der Waals surface area contributed by atoms with Crippen LogP contribution >= 0.6 is 0 Å². The van der Waals surface area contributed by atoms with Crippen LogP contribution in [0.4, 0.5) is 0 Å². The zero-order valence-corrected chi connectivity index (χ0v) is 8.47. The first kappa shape index (κ1) is 9.90. The van der Waals surface area contributed by atoms with Crippen molar-refractivity contribution in [3.8, 4) is 0 Å². The minimum atomic E-state index is -0.711. The summed E-state index contributed by atoms with van der Waals surface area (Å²) in [5.41, 5.74) is 0.159. The number of carbonyl (C=O) groups excluding carboxylic acids is 2. The number of benzene rings is 1. The molecule has 0 unspecified atom stereocenters. The first-order valence-electron chi connectivity index (χ1n) is 4.85. The lowest BCUT2D eigenvalue weighted by atomic mass is 9.93. The summed E-state index contributed by atoms with van der Waals surface area (Å²) in [5.74, 6) is -0.543. The maximum atomic E-state index is 11.7. The molecule has 0 saturated heterocycles. The maximum Gasteiger partial charge on any atom is 0.317 e. The average molecular weight is 204 g/mol. The molecule has 1 saturated carbocycles. The lowest BCUT2D eigenvalue weighted by molar-refractivity contribution is -0.144. The average Bonchev–Trinajstić information content (AvgIpc) is 3.05. The fraction of sp³-hybridized carbons (Fsp3) is 0.333. The van der Waals surface area contributed by atoms with Crippen molar-refractivity contribution in [3.05, 3.63) is 35.9 Å². The van der Waals surface area contributed by atoms with Crippen molar-refractivity contribution in [3.63, 3.8) is 0 Å². The molecule has 0 heterocycles. The highest BCUT2D eigenvalue weighted by Gasteiger charge is 2.62. The molecular weight excluding hydrogens is 192 g/mol. The van der Waals surface area contributed by atoms with Crippen molar-refractivity contribution >= 4 is 12.3 Å². The monoisotopic (exact) mass is 204 g/mol. The molecule has 15 heavy (non-hydrogen) atoms. The van der Waals surface area contributed by atoms with Gasteiger partial charge in [-0.05, 0) is 12.0 Å². The van der Waals surface area contributed by atoms with Crippen molar-refractivity contribution in [2.24, 2.45) is 5.92 Å². The van der Waals surface area contributed by atoms with E-state index in [2.05, 4.69) is 0 Å². The summed E-state index contributed by atoms with van der Waals surface area (Å²) < 4.78 is 4.77. The molecule has 1 fully saturated rings. The highest BCUT2D eigenvalue weighted by atomic mass is 16.5. The SMILES string of the molecule is COC(=O)[C@]1(c2ccccc2)C[C@@H]1C=O. The summed E-state index contributed by atoms with van der Waals surface area (Å²) in [6.45, 7) is 0. The number of ether oxygens (including phenoxy) is 1. The molecule has 2 rings (SSSR count). The van der Waals surface area contributed by atoms with Gasteiger partial charge in [0.25, 0.3) is 0 Å². The Balaban J connectivity index is 2.38. The predicted molar refractivity (Wildman–Crippen MR) is 54.3 cm³/mol. The molecule has 1 aliphatic rings. The predicted octanol–water partition coefficient (Wildman–Crippen LogP) is 1.32. The smallest absolute Gasteiger partial charge is 0.317 e. The van der Waals surface area contributed by atoms with E-state index < -0.39 is 5.41 Å². The number of carbonyl (C=O) groups is 2. The Kier molecular flexibility index (Phi) is 2.31. The molecule has 1 aliphatic carbocycles. The maximum absolute atomic E-state index is 11.7. The largest absolute Gasteiger partial charge is 0.468 e. The third-order valence-corrected chi connectivity index (χ3v) is 3.02. The van der Waals surface area contributed by atoms with Crippen LogP contribution in [0.1, 0.15) is 12.0 Å². The van der Waals surface area contributed by atoms with Crippen molar-refractivity contribution in [1.82, 2.24) is 0 Å². The molecule has 0 spiro atoms. The summed E-state index contributed by atoms with van der Waals surface area (Å²) in [7, 11) is 1.35. The molecule has 0 radical (unpaired) electrons. The lowest BCUT2D eigenvalue weighted by Gasteiger charge is -2.13. The van der Waals surface area contributed by atoms with Gasteiger partial charge in [-0.3, -0.25) is 4.79 Å². The van der Waals surface area contributed by atoms with Gasteiger partial charge in [0.1, 0.15) is 11.7 Å². The van der Waals surface area contributed by atoms with Gasteiger partial charge in [0, 0.05) is 5.92 Å². The van der Waals surface area contributed by atoms with Crippen LogP contribution in [0.5, 0.6) is 0 Å². The third kappa shape index (κ3) is 1.35. The van der Waals surface area contributed by atoms with Crippen molar-refractivity contribution in [2.75, 3.05) is 7.11 Å². The van der Waals surface area contributed by atoms with E-state index in [0.29, 0.717) is 6.42 Å². The Morgan fingerprint density at radius 2 is 2.13 bits per heavy atom. The van der Waals surface area contributed by atoms with Crippen molar-refractivity contribution in [1.29, 1.82) is 0 Å². The van der Waals surface area contributed by atoms with Crippen LogP contribution in [0.15, 0.2) is 30.3 Å². The Morgan fingerprint density at radius 1 is 1.47 bits per heavy atom. The van der Waals surface area contributed by atoms with Gasteiger partial charge in [0.15, 0.2) is 0 Å². The standard InChI is InChI=1S/C12H12O3/c1-15-11(14)12(7-10(12)8-13)9-5-3-2-4-6-9/h2-6,8,10H,7H2,1H3/t10-,12+/m1/s1. The third-order valence-electron chi connectivity index (χ3n) is 3.02. The Hall–Kier alpha value is -1.64. The van der Waals surface area contributed by atoms with Gasteiger partial charge >= 0.3 is 5.97 Å². The normalized spacial score (nSPS) is 28.2. The molecule has 1 aromatic carbocycles. The van der Waals surface area contributed by atoms with E-state index in [0.717, 1.165) is 11.8 Å². The fourth-order valence-corrected chi connectivity index (χ4v) is 2.05. The molecule has 1 aromatic rings. The van der Waals surface area contributed by atoms with Gasteiger partial charge in [0.05, 0.1) is 7.11 Å². The van der Waals surface area contributed by atoms with Gasteiger partial charge in [-0.1, -0.05) is 30.3 Å². The second-order valence-electron chi connectivity index (χ2n) is 3.78. The van der Waals surface area contributed by atoms with Crippen LogP contribution in [0.3, 0.4) is 0 Å². The van der Waals surface area contributed by atoms with E-state index in [1.165, 1.54) is 7.11 Å². The van der Waals surface area contributed by atoms with Crippen LogP contribution in [-0.4, -0.2) is 19.4 Å². The molecule has 0 bridgehead atoms. The number of rotatable bonds is 3. The molecule has 78 valence electrons. The number of hydrogen-bond donors (Lipinski definition) is 0. The van der Waals surface area contributed by atoms with Gasteiger partial charge in [-0.25, -0.2) is 0 Å². The Labute approximate surface area is 88.1 Å². The number of methoxy groups -OCH3 is 1. The van der Waals surface area contributed by atoms with Crippen LogP contribution in [-0.2, 0) is 19.7 Å². The summed E-state index contributed by atoms with van der Waals surface area (Å²) in [4.78, 5) is 22.5. The minimum absolute atomic E-state index is 0.229. The zero-order valence-electron chi connectivity index (χ0n) is 8.47. The highest BCUT2D eigenvalue weighted by Crippen LogP contribution is 2.53.